The summed E-state index contributed by atoms with van der Waals surface area (Å²) in [5.74, 6) is -0.192. The normalized spacial score (nSPS) is 19.9. The van der Waals surface area contributed by atoms with Crippen LogP contribution in [0, 0.1) is 0 Å². The Bertz CT molecular complexity index is 1330. The minimum atomic E-state index is -1.57. The van der Waals surface area contributed by atoms with Gasteiger partial charge in [-0.3, -0.25) is 4.79 Å². The van der Waals surface area contributed by atoms with E-state index in [2.05, 4.69) is 79.9 Å². The van der Waals surface area contributed by atoms with Crippen molar-refractivity contribution in [1.29, 1.82) is 0 Å². The minimum absolute atomic E-state index is 0.192. The Morgan fingerprint density at radius 1 is 0.500 bits per heavy atom. The average Bonchev–Trinajstić information content (AvgIpc) is 3.36. The zero-order valence-electron chi connectivity index (χ0n) is 45.0. The molecule has 1 rings (SSSR count). The summed E-state index contributed by atoms with van der Waals surface area (Å²) in [6.45, 7) is 3.62. The molecule has 7 unspecified atom stereocenters. The third-order valence-electron chi connectivity index (χ3n) is 13.5. The topological polar surface area (TPSA) is 149 Å². The molecule has 9 nitrogen and oxygen atoms in total. The molecule has 0 aliphatic carbocycles. The van der Waals surface area contributed by atoms with Crippen LogP contribution in [0.4, 0.5) is 0 Å². The first-order valence-electron chi connectivity index (χ1n) is 29.2. The predicted molar refractivity (Wildman–Crippen MR) is 295 cm³/mol. The SMILES string of the molecule is CC/C=C/CC/C=C/CC/C=C/C(O)C(COC1OC(CO)C(O)C(O)C1O)NC(=O)CCCCCCCCCCCCCCCCCCCCCCCC/C=C\C/C=C\C/C=C\CCCCCCC. The van der Waals surface area contributed by atoms with E-state index in [4.69, 9.17) is 9.47 Å². The summed E-state index contributed by atoms with van der Waals surface area (Å²) in [7, 11) is 0. The van der Waals surface area contributed by atoms with E-state index in [-0.39, 0.29) is 12.5 Å². The molecule has 1 saturated heterocycles. The van der Waals surface area contributed by atoms with Crippen molar-refractivity contribution in [2.75, 3.05) is 13.2 Å². The Balaban J connectivity index is 2.04. The minimum Gasteiger partial charge on any atom is -0.394 e. The standard InChI is InChI=1S/C61H109NO8/c1-3-5-7-9-11-13-15-16-17-18-19-20-21-22-23-24-25-26-27-28-29-30-31-32-33-34-35-36-37-38-39-40-41-43-45-47-49-51-57(65)62-54(53-69-61-60(68)59(67)58(66)56(52-63)70-61)55(64)50-48-46-44-42-14-12-10-8-6-4-2/h6,8,14-16,18-19,21-22,42,48,50,54-56,58-61,63-64,66-68H,3-5,7,9-13,17,20,23-41,43-47,49,51-53H2,1-2H3,(H,62,65)/b8-6+,16-15-,19-18-,22-21-,42-14+,50-48+. The molecule has 1 fully saturated rings. The van der Waals surface area contributed by atoms with Gasteiger partial charge in [-0.2, -0.15) is 0 Å². The molecule has 0 radical (unpaired) electrons. The highest BCUT2D eigenvalue weighted by molar-refractivity contribution is 5.76. The molecule has 1 heterocycles. The number of carbonyl (C=O) groups excluding carboxylic acids is 1. The van der Waals surface area contributed by atoms with Gasteiger partial charge in [0.25, 0.3) is 0 Å². The fourth-order valence-corrected chi connectivity index (χ4v) is 8.91. The third-order valence-corrected chi connectivity index (χ3v) is 13.5. The van der Waals surface area contributed by atoms with E-state index in [0.29, 0.717) is 6.42 Å². The van der Waals surface area contributed by atoms with Crippen molar-refractivity contribution in [2.45, 2.75) is 294 Å². The lowest BCUT2D eigenvalue weighted by Gasteiger charge is -2.40. The van der Waals surface area contributed by atoms with Gasteiger partial charge in [-0.25, -0.2) is 0 Å². The van der Waals surface area contributed by atoms with Gasteiger partial charge < -0.3 is 40.3 Å². The fourth-order valence-electron chi connectivity index (χ4n) is 8.91. The molecule has 0 bridgehead atoms. The smallest absolute Gasteiger partial charge is 0.220 e. The van der Waals surface area contributed by atoms with Crippen molar-refractivity contribution >= 4 is 5.91 Å². The molecule has 0 saturated carbocycles. The average molecular weight is 985 g/mol. The monoisotopic (exact) mass is 984 g/mol. The summed E-state index contributed by atoms with van der Waals surface area (Å²) in [5.41, 5.74) is 0. The molecule has 1 amide bonds. The van der Waals surface area contributed by atoms with Gasteiger partial charge >= 0.3 is 0 Å². The lowest BCUT2D eigenvalue weighted by Crippen LogP contribution is -2.60. The van der Waals surface area contributed by atoms with Crippen LogP contribution in [0.25, 0.3) is 0 Å². The molecular weight excluding hydrogens is 875 g/mol. The van der Waals surface area contributed by atoms with Crippen molar-refractivity contribution in [3.05, 3.63) is 72.9 Å². The van der Waals surface area contributed by atoms with Crippen molar-refractivity contribution in [3.8, 4) is 0 Å². The van der Waals surface area contributed by atoms with E-state index in [9.17, 15) is 30.3 Å². The van der Waals surface area contributed by atoms with Crippen LogP contribution in [0.15, 0.2) is 72.9 Å². The Hall–Kier alpha value is -2.37. The maximum Gasteiger partial charge on any atom is 0.220 e. The van der Waals surface area contributed by atoms with Gasteiger partial charge in [-0.15, -0.1) is 0 Å². The molecule has 9 heteroatoms. The Labute approximate surface area is 429 Å². The van der Waals surface area contributed by atoms with E-state index >= 15 is 0 Å². The largest absolute Gasteiger partial charge is 0.394 e. The number of hydrogen-bond donors (Lipinski definition) is 6. The number of amides is 1. The van der Waals surface area contributed by atoms with Gasteiger partial charge in [0, 0.05) is 6.42 Å². The Kier molecular flexibility index (Phi) is 47.1. The summed E-state index contributed by atoms with van der Waals surface area (Å²) in [6, 6.07) is -0.827. The van der Waals surface area contributed by atoms with Gasteiger partial charge in [0.05, 0.1) is 25.4 Å². The highest BCUT2D eigenvalue weighted by Gasteiger charge is 2.44. The summed E-state index contributed by atoms with van der Waals surface area (Å²) >= 11 is 0. The molecule has 7 atom stereocenters. The van der Waals surface area contributed by atoms with Crippen molar-refractivity contribution in [2.24, 2.45) is 0 Å². The highest BCUT2D eigenvalue weighted by atomic mass is 16.7. The maximum atomic E-state index is 13.0. The quantitative estimate of drug-likeness (QED) is 0.0261. The molecule has 6 N–H and O–H groups in total. The van der Waals surface area contributed by atoms with Crippen LogP contribution in [-0.2, 0) is 14.3 Å². The van der Waals surface area contributed by atoms with Gasteiger partial charge in [0.1, 0.15) is 24.4 Å². The summed E-state index contributed by atoms with van der Waals surface area (Å²) < 4.78 is 11.2. The third kappa shape index (κ3) is 39.2. The predicted octanol–water partition coefficient (Wildman–Crippen LogP) is 14.5. The summed E-state index contributed by atoms with van der Waals surface area (Å²) in [6.07, 6.45) is 63.0. The molecular formula is C61H109NO8. The number of ether oxygens (including phenoxy) is 2. The lowest BCUT2D eigenvalue weighted by atomic mass is 9.99. The number of aliphatic hydroxyl groups is 5. The second kappa shape index (κ2) is 50.2. The summed E-state index contributed by atoms with van der Waals surface area (Å²) in [5, 5.41) is 54.2. The van der Waals surface area contributed by atoms with Crippen molar-refractivity contribution in [3.63, 3.8) is 0 Å². The van der Waals surface area contributed by atoms with Gasteiger partial charge in [0.2, 0.25) is 5.91 Å². The fraction of sp³-hybridized carbons (Fsp3) is 0.787. The van der Waals surface area contributed by atoms with Crippen LogP contribution in [0.5, 0.6) is 0 Å². The van der Waals surface area contributed by atoms with Crippen molar-refractivity contribution in [1.82, 2.24) is 5.32 Å². The van der Waals surface area contributed by atoms with E-state index in [0.717, 1.165) is 64.2 Å². The van der Waals surface area contributed by atoms with Crippen LogP contribution < -0.4 is 5.32 Å². The molecule has 406 valence electrons. The summed E-state index contributed by atoms with van der Waals surface area (Å²) in [4.78, 5) is 13.0. The number of allylic oxidation sites excluding steroid dienone is 11. The second-order valence-corrected chi connectivity index (χ2v) is 20.0. The first kappa shape index (κ1) is 65.6. The van der Waals surface area contributed by atoms with E-state index in [1.54, 1.807) is 6.08 Å². The van der Waals surface area contributed by atoms with Crippen LogP contribution in [0.1, 0.15) is 251 Å². The number of hydrogen-bond acceptors (Lipinski definition) is 8. The molecule has 0 spiro atoms. The van der Waals surface area contributed by atoms with E-state index in [1.807, 2.05) is 6.08 Å². The van der Waals surface area contributed by atoms with Gasteiger partial charge in [0.15, 0.2) is 6.29 Å². The zero-order chi connectivity index (χ0) is 50.8. The molecule has 70 heavy (non-hydrogen) atoms. The zero-order valence-corrected chi connectivity index (χ0v) is 45.0. The van der Waals surface area contributed by atoms with E-state index < -0.39 is 49.5 Å². The van der Waals surface area contributed by atoms with Gasteiger partial charge in [-0.05, 0) is 77.0 Å². The first-order valence-corrected chi connectivity index (χ1v) is 29.2. The number of unbranched alkanes of at least 4 members (excludes halogenated alkanes) is 29. The van der Waals surface area contributed by atoms with Crippen LogP contribution in [0.2, 0.25) is 0 Å². The number of aliphatic hydroxyl groups excluding tert-OH is 5. The Morgan fingerprint density at radius 3 is 1.36 bits per heavy atom. The first-order chi connectivity index (χ1) is 34.3. The second-order valence-electron chi connectivity index (χ2n) is 20.0. The highest BCUT2D eigenvalue weighted by Crippen LogP contribution is 2.23. The van der Waals surface area contributed by atoms with Crippen LogP contribution in [-0.4, -0.2) is 87.5 Å². The number of nitrogens with one attached hydrogen (secondary N) is 1. The molecule has 0 aromatic rings. The molecule has 1 aliphatic heterocycles. The van der Waals surface area contributed by atoms with E-state index in [1.165, 1.54) is 167 Å². The number of carbonyl (C=O) groups is 1. The lowest BCUT2D eigenvalue weighted by molar-refractivity contribution is -0.302. The van der Waals surface area contributed by atoms with Gasteiger partial charge in [-0.1, -0.05) is 241 Å². The molecule has 0 aromatic carbocycles. The van der Waals surface area contributed by atoms with Crippen LogP contribution >= 0.6 is 0 Å². The molecule has 1 aliphatic rings. The Morgan fingerprint density at radius 2 is 0.900 bits per heavy atom. The number of rotatable bonds is 49. The molecule has 0 aromatic heterocycles. The van der Waals surface area contributed by atoms with Crippen LogP contribution in [0.3, 0.4) is 0 Å². The maximum absolute atomic E-state index is 13.0. The van der Waals surface area contributed by atoms with Crippen molar-refractivity contribution < 1.29 is 39.8 Å².